The Labute approximate surface area is 198 Å². The highest BCUT2D eigenvalue weighted by atomic mass is 127. The van der Waals surface area contributed by atoms with Crippen LogP contribution in [0.15, 0.2) is 35.6 Å². The van der Waals surface area contributed by atoms with Crippen LogP contribution in [0.3, 0.4) is 0 Å². The zero-order valence-corrected chi connectivity index (χ0v) is 20.4. The molecule has 0 amide bonds. The highest BCUT2D eigenvalue weighted by Crippen LogP contribution is 2.30. The van der Waals surface area contributed by atoms with E-state index in [0.29, 0.717) is 18.9 Å². The van der Waals surface area contributed by atoms with Crippen LogP contribution < -0.4 is 14.8 Å². The summed E-state index contributed by atoms with van der Waals surface area (Å²) in [6.45, 7) is 2.29. The number of nitrogens with one attached hydrogen (secondary N) is 1. The first kappa shape index (κ1) is 25.2. The van der Waals surface area contributed by atoms with Crippen molar-refractivity contribution in [3.63, 3.8) is 0 Å². The standard InChI is InChI=1S/C21H29F2N5O2.HI/c1-4-24-21(28-10-8-16(14-28)17-12-26-27(2)13-17)25-9-7-15-5-6-18(29-3)19(11-15)30-20(22)23;/h5-6,11-13,16,20H,4,7-10,14H2,1-3H3,(H,24,25);1H. The third kappa shape index (κ3) is 6.94. The van der Waals surface area contributed by atoms with Crippen molar-refractivity contribution in [2.75, 3.05) is 33.3 Å². The number of hydrogen-bond donors (Lipinski definition) is 1. The number of aliphatic imine (C=N–C) groups is 1. The highest BCUT2D eigenvalue weighted by Gasteiger charge is 2.26. The number of alkyl halides is 2. The molecule has 172 valence electrons. The molecule has 1 fully saturated rings. The third-order valence-electron chi connectivity index (χ3n) is 5.13. The lowest BCUT2D eigenvalue weighted by Gasteiger charge is -2.21. The van der Waals surface area contributed by atoms with Gasteiger partial charge in [0.1, 0.15) is 0 Å². The minimum Gasteiger partial charge on any atom is -0.493 e. The lowest BCUT2D eigenvalue weighted by Crippen LogP contribution is -2.40. The topological polar surface area (TPSA) is 63.9 Å². The molecule has 0 bridgehead atoms. The average molecular weight is 549 g/mol. The number of guanidine groups is 1. The van der Waals surface area contributed by atoms with Crippen molar-refractivity contribution in [2.24, 2.45) is 12.0 Å². The van der Waals surface area contributed by atoms with Crippen LogP contribution in [-0.2, 0) is 13.5 Å². The van der Waals surface area contributed by atoms with E-state index >= 15 is 0 Å². The second-order valence-electron chi connectivity index (χ2n) is 7.23. The molecule has 0 radical (unpaired) electrons. The summed E-state index contributed by atoms with van der Waals surface area (Å²) in [6, 6.07) is 5.07. The Morgan fingerprint density at radius 1 is 1.35 bits per heavy atom. The molecule has 1 atom stereocenters. The molecule has 1 saturated heterocycles. The Morgan fingerprint density at radius 2 is 2.16 bits per heavy atom. The molecule has 1 aromatic heterocycles. The van der Waals surface area contributed by atoms with E-state index in [4.69, 9.17) is 9.73 Å². The Bertz CT molecular complexity index is 862. The fraction of sp³-hybridized carbons (Fsp3) is 0.524. The predicted octanol–water partition coefficient (Wildman–Crippen LogP) is 3.65. The number of nitrogens with zero attached hydrogens (tertiary/aromatic N) is 4. The molecule has 2 aromatic rings. The number of benzene rings is 1. The lowest BCUT2D eigenvalue weighted by atomic mass is 10.0. The van der Waals surface area contributed by atoms with Crippen molar-refractivity contribution in [1.29, 1.82) is 0 Å². The molecular formula is C21H30F2IN5O2. The van der Waals surface area contributed by atoms with Gasteiger partial charge >= 0.3 is 6.61 Å². The van der Waals surface area contributed by atoms with Gasteiger partial charge in [-0.1, -0.05) is 6.07 Å². The van der Waals surface area contributed by atoms with Crippen LogP contribution in [0.5, 0.6) is 11.5 Å². The molecule has 1 aliphatic rings. The summed E-state index contributed by atoms with van der Waals surface area (Å²) in [5.74, 6) is 1.65. The Morgan fingerprint density at radius 3 is 2.81 bits per heavy atom. The number of likely N-dealkylation sites (tertiary alicyclic amines) is 1. The highest BCUT2D eigenvalue weighted by molar-refractivity contribution is 14.0. The van der Waals surface area contributed by atoms with Crippen LogP contribution >= 0.6 is 24.0 Å². The summed E-state index contributed by atoms with van der Waals surface area (Å²) in [6.07, 6.45) is 5.67. The average Bonchev–Trinajstić information content (AvgIpc) is 3.36. The van der Waals surface area contributed by atoms with Gasteiger partial charge in [0.2, 0.25) is 0 Å². The van der Waals surface area contributed by atoms with Crippen molar-refractivity contribution in [3.05, 3.63) is 41.7 Å². The van der Waals surface area contributed by atoms with E-state index in [-0.39, 0.29) is 35.5 Å². The molecule has 7 nitrogen and oxygen atoms in total. The van der Waals surface area contributed by atoms with E-state index in [1.165, 1.54) is 12.7 Å². The maximum Gasteiger partial charge on any atom is 0.387 e. The number of aromatic nitrogens is 2. The van der Waals surface area contributed by atoms with Gasteiger partial charge in [0.25, 0.3) is 0 Å². The molecule has 2 heterocycles. The zero-order valence-electron chi connectivity index (χ0n) is 18.1. The molecule has 31 heavy (non-hydrogen) atoms. The first-order chi connectivity index (χ1) is 14.5. The van der Waals surface area contributed by atoms with Gasteiger partial charge < -0.3 is 19.7 Å². The number of halogens is 3. The van der Waals surface area contributed by atoms with Gasteiger partial charge in [0.05, 0.1) is 13.3 Å². The minimum absolute atomic E-state index is 0. The summed E-state index contributed by atoms with van der Waals surface area (Å²) >= 11 is 0. The van der Waals surface area contributed by atoms with Crippen molar-refractivity contribution >= 4 is 29.9 Å². The molecule has 1 N–H and O–H groups in total. The van der Waals surface area contributed by atoms with Crippen LogP contribution in [0.2, 0.25) is 0 Å². The number of methoxy groups -OCH3 is 1. The number of ether oxygens (including phenoxy) is 2. The molecule has 3 rings (SSSR count). The normalized spacial score (nSPS) is 16.4. The maximum absolute atomic E-state index is 12.6. The number of aryl methyl sites for hydroxylation is 1. The van der Waals surface area contributed by atoms with Gasteiger partial charge in [-0.15, -0.1) is 24.0 Å². The summed E-state index contributed by atoms with van der Waals surface area (Å²) in [4.78, 5) is 7.01. The van der Waals surface area contributed by atoms with E-state index < -0.39 is 6.61 Å². The van der Waals surface area contributed by atoms with Crippen molar-refractivity contribution < 1.29 is 18.3 Å². The third-order valence-corrected chi connectivity index (χ3v) is 5.13. The second kappa shape index (κ2) is 12.1. The molecule has 1 aromatic carbocycles. The lowest BCUT2D eigenvalue weighted by molar-refractivity contribution is -0.0512. The summed E-state index contributed by atoms with van der Waals surface area (Å²) in [5.41, 5.74) is 2.11. The second-order valence-corrected chi connectivity index (χ2v) is 7.23. The molecule has 10 heteroatoms. The molecule has 0 aliphatic carbocycles. The SMILES string of the molecule is CCNC(=NCCc1ccc(OC)c(OC(F)F)c1)N1CCC(c2cnn(C)c2)C1.I. The van der Waals surface area contributed by atoms with Crippen molar-refractivity contribution in [2.45, 2.75) is 32.3 Å². The number of hydrogen-bond acceptors (Lipinski definition) is 4. The van der Waals surface area contributed by atoms with E-state index in [9.17, 15) is 8.78 Å². The van der Waals surface area contributed by atoms with E-state index in [2.05, 4.69) is 26.2 Å². The van der Waals surface area contributed by atoms with Gasteiger partial charge in [-0.2, -0.15) is 13.9 Å². The fourth-order valence-corrected chi connectivity index (χ4v) is 3.66. The van der Waals surface area contributed by atoms with Gasteiger partial charge in [0, 0.05) is 45.3 Å². The first-order valence-corrected chi connectivity index (χ1v) is 10.1. The molecule has 1 unspecified atom stereocenters. The monoisotopic (exact) mass is 549 g/mol. The van der Waals surface area contributed by atoms with Gasteiger partial charge in [-0.3, -0.25) is 9.67 Å². The molecular weight excluding hydrogens is 519 g/mol. The van der Waals surface area contributed by atoms with Crippen LogP contribution in [0.25, 0.3) is 0 Å². The maximum atomic E-state index is 12.6. The van der Waals surface area contributed by atoms with Gasteiger partial charge in [-0.25, -0.2) is 0 Å². The minimum atomic E-state index is -2.89. The van der Waals surface area contributed by atoms with Crippen LogP contribution in [-0.4, -0.2) is 60.5 Å². The van der Waals surface area contributed by atoms with Gasteiger partial charge in [0.15, 0.2) is 17.5 Å². The first-order valence-electron chi connectivity index (χ1n) is 10.1. The van der Waals surface area contributed by atoms with Crippen LogP contribution in [0.1, 0.15) is 30.4 Å². The predicted molar refractivity (Wildman–Crippen MR) is 127 cm³/mol. The smallest absolute Gasteiger partial charge is 0.387 e. The Hall–Kier alpha value is -2.11. The van der Waals surface area contributed by atoms with E-state index in [1.54, 1.807) is 12.1 Å². The van der Waals surface area contributed by atoms with Crippen LogP contribution in [0, 0.1) is 0 Å². The summed E-state index contributed by atoms with van der Waals surface area (Å²) < 4.78 is 36.7. The Kier molecular flexibility index (Phi) is 9.79. The van der Waals surface area contributed by atoms with Crippen LogP contribution in [0.4, 0.5) is 8.78 Å². The molecule has 0 spiro atoms. The largest absolute Gasteiger partial charge is 0.493 e. The van der Waals surface area contributed by atoms with E-state index in [0.717, 1.165) is 37.6 Å². The fourth-order valence-electron chi connectivity index (χ4n) is 3.66. The molecule has 0 saturated carbocycles. The van der Waals surface area contributed by atoms with Crippen molar-refractivity contribution in [1.82, 2.24) is 20.0 Å². The zero-order chi connectivity index (χ0) is 21.5. The summed E-state index contributed by atoms with van der Waals surface area (Å²) in [7, 11) is 3.35. The number of rotatable bonds is 8. The van der Waals surface area contributed by atoms with Gasteiger partial charge in [-0.05, 0) is 43.0 Å². The quantitative estimate of drug-likeness (QED) is 0.310. The van der Waals surface area contributed by atoms with Crippen molar-refractivity contribution in [3.8, 4) is 11.5 Å². The Balaban J connectivity index is 0.00000341. The molecule has 1 aliphatic heterocycles. The summed E-state index contributed by atoms with van der Waals surface area (Å²) in [5, 5.41) is 7.63. The van der Waals surface area contributed by atoms with E-state index in [1.807, 2.05) is 30.9 Å².